The summed E-state index contributed by atoms with van der Waals surface area (Å²) >= 11 is 12.4. The van der Waals surface area contributed by atoms with Gasteiger partial charge in [-0.3, -0.25) is 4.79 Å². The third-order valence-electron chi connectivity index (χ3n) is 5.12. The molecular weight excluding hydrogens is 417 g/mol. The van der Waals surface area contributed by atoms with Crippen LogP contribution in [-0.4, -0.2) is 24.5 Å². The second kappa shape index (κ2) is 10.5. The highest BCUT2D eigenvalue weighted by atomic mass is 35.5. The number of aryl methyl sites for hydroxylation is 1. The summed E-state index contributed by atoms with van der Waals surface area (Å²) in [4.78, 5) is 15.2. The topological polar surface area (TPSA) is 29.5 Å². The third kappa shape index (κ3) is 5.56. The molecule has 3 aromatic rings. The molecule has 0 heterocycles. The molecule has 0 bridgehead atoms. The average molecular weight is 442 g/mol. The van der Waals surface area contributed by atoms with Crippen LogP contribution in [0.15, 0.2) is 66.7 Å². The van der Waals surface area contributed by atoms with E-state index in [1.54, 1.807) is 13.2 Å². The molecule has 0 atom stereocenters. The SMILES string of the molecule is CCc1ccc(C(=O)N(CCc2ccc(Cl)cc2Cl)Cc2ccccc2OC)cc1. The number of halogens is 2. The second-order valence-electron chi connectivity index (χ2n) is 7.07. The molecule has 0 unspecified atom stereocenters. The minimum absolute atomic E-state index is 0.0198. The summed E-state index contributed by atoms with van der Waals surface area (Å²) in [5, 5.41) is 1.21. The molecule has 3 rings (SSSR count). The highest BCUT2D eigenvalue weighted by Gasteiger charge is 2.18. The number of hydrogen-bond donors (Lipinski definition) is 0. The molecule has 3 aromatic carbocycles. The van der Waals surface area contributed by atoms with Crippen LogP contribution in [0.4, 0.5) is 0 Å². The van der Waals surface area contributed by atoms with Crippen molar-refractivity contribution in [3.63, 3.8) is 0 Å². The van der Waals surface area contributed by atoms with Crippen molar-refractivity contribution in [2.45, 2.75) is 26.3 Å². The van der Waals surface area contributed by atoms with Gasteiger partial charge in [-0.2, -0.15) is 0 Å². The Morgan fingerprint density at radius 3 is 2.37 bits per heavy atom. The zero-order valence-corrected chi connectivity index (χ0v) is 18.7. The molecular formula is C25H25Cl2NO2. The summed E-state index contributed by atoms with van der Waals surface area (Å²) in [6.07, 6.45) is 1.57. The Balaban J connectivity index is 1.85. The van der Waals surface area contributed by atoms with Crippen molar-refractivity contribution in [3.05, 3.63) is 99.0 Å². The van der Waals surface area contributed by atoms with E-state index in [0.29, 0.717) is 35.1 Å². The molecule has 0 N–H and O–H groups in total. The normalized spacial score (nSPS) is 10.7. The first-order chi connectivity index (χ1) is 14.5. The molecule has 0 fully saturated rings. The van der Waals surface area contributed by atoms with E-state index in [-0.39, 0.29) is 5.91 Å². The Labute approximate surface area is 188 Å². The van der Waals surface area contributed by atoms with Gasteiger partial charge in [0.1, 0.15) is 5.75 Å². The monoisotopic (exact) mass is 441 g/mol. The van der Waals surface area contributed by atoms with Gasteiger partial charge in [-0.25, -0.2) is 0 Å². The highest BCUT2D eigenvalue weighted by molar-refractivity contribution is 6.35. The first-order valence-electron chi connectivity index (χ1n) is 9.96. The van der Waals surface area contributed by atoms with Crippen LogP contribution in [0.1, 0.15) is 34.0 Å². The van der Waals surface area contributed by atoms with Crippen molar-refractivity contribution in [1.29, 1.82) is 0 Å². The van der Waals surface area contributed by atoms with E-state index < -0.39 is 0 Å². The van der Waals surface area contributed by atoms with Crippen molar-refractivity contribution >= 4 is 29.1 Å². The Bertz CT molecular complexity index is 1000. The van der Waals surface area contributed by atoms with Gasteiger partial charge in [0, 0.05) is 34.3 Å². The van der Waals surface area contributed by atoms with E-state index in [4.69, 9.17) is 27.9 Å². The summed E-state index contributed by atoms with van der Waals surface area (Å²) in [6.45, 7) is 3.07. The predicted octanol–water partition coefficient (Wildman–Crippen LogP) is 6.45. The number of methoxy groups -OCH3 is 1. The van der Waals surface area contributed by atoms with Crippen LogP contribution in [0.25, 0.3) is 0 Å². The molecule has 0 aliphatic heterocycles. The average Bonchev–Trinajstić information content (AvgIpc) is 2.77. The summed E-state index contributed by atoms with van der Waals surface area (Å²) in [5.74, 6) is 0.745. The van der Waals surface area contributed by atoms with Gasteiger partial charge < -0.3 is 9.64 Å². The fraction of sp³-hybridized carbons (Fsp3) is 0.240. The lowest BCUT2D eigenvalue weighted by molar-refractivity contribution is 0.0744. The third-order valence-corrected chi connectivity index (χ3v) is 5.70. The van der Waals surface area contributed by atoms with Gasteiger partial charge in [0.15, 0.2) is 0 Å². The number of ether oxygens (including phenoxy) is 1. The van der Waals surface area contributed by atoms with Crippen LogP contribution in [0, 0.1) is 0 Å². The Kier molecular flexibility index (Phi) is 7.78. The Morgan fingerprint density at radius 2 is 1.70 bits per heavy atom. The molecule has 0 saturated heterocycles. The van der Waals surface area contributed by atoms with Crippen LogP contribution >= 0.6 is 23.2 Å². The first-order valence-corrected chi connectivity index (χ1v) is 10.7. The summed E-state index contributed by atoms with van der Waals surface area (Å²) in [5.41, 5.74) is 3.79. The zero-order chi connectivity index (χ0) is 21.5. The van der Waals surface area contributed by atoms with Gasteiger partial charge in [-0.1, -0.05) is 66.5 Å². The molecule has 0 spiro atoms. The van der Waals surface area contributed by atoms with Crippen LogP contribution < -0.4 is 4.74 Å². The van der Waals surface area contributed by atoms with E-state index in [1.165, 1.54) is 5.56 Å². The van der Waals surface area contributed by atoms with Crippen molar-refractivity contribution < 1.29 is 9.53 Å². The van der Waals surface area contributed by atoms with E-state index >= 15 is 0 Å². The maximum absolute atomic E-state index is 13.3. The molecule has 0 saturated carbocycles. The van der Waals surface area contributed by atoms with Gasteiger partial charge in [0.25, 0.3) is 5.91 Å². The zero-order valence-electron chi connectivity index (χ0n) is 17.2. The van der Waals surface area contributed by atoms with Gasteiger partial charge in [0.05, 0.1) is 7.11 Å². The van der Waals surface area contributed by atoms with E-state index in [9.17, 15) is 4.79 Å². The van der Waals surface area contributed by atoms with E-state index in [0.717, 1.165) is 23.3 Å². The van der Waals surface area contributed by atoms with Gasteiger partial charge in [-0.15, -0.1) is 0 Å². The first kappa shape index (κ1) is 22.2. The number of nitrogens with zero attached hydrogens (tertiary/aromatic N) is 1. The van der Waals surface area contributed by atoms with E-state index in [2.05, 4.69) is 6.92 Å². The maximum Gasteiger partial charge on any atom is 0.254 e. The largest absolute Gasteiger partial charge is 0.496 e. The molecule has 5 heteroatoms. The number of benzene rings is 3. The van der Waals surface area contributed by atoms with Crippen LogP contribution in [0.3, 0.4) is 0 Å². The lowest BCUT2D eigenvalue weighted by atomic mass is 10.1. The summed E-state index contributed by atoms with van der Waals surface area (Å²) < 4.78 is 5.48. The van der Waals surface area contributed by atoms with Crippen molar-refractivity contribution in [2.24, 2.45) is 0 Å². The number of amides is 1. The molecule has 0 aliphatic carbocycles. The fourth-order valence-corrected chi connectivity index (χ4v) is 3.84. The van der Waals surface area contributed by atoms with Gasteiger partial charge in [0.2, 0.25) is 0 Å². The minimum Gasteiger partial charge on any atom is -0.496 e. The van der Waals surface area contributed by atoms with Crippen LogP contribution in [-0.2, 0) is 19.4 Å². The van der Waals surface area contributed by atoms with Crippen molar-refractivity contribution in [3.8, 4) is 5.75 Å². The van der Waals surface area contributed by atoms with E-state index in [1.807, 2.05) is 65.6 Å². The number of para-hydroxylation sites is 1. The fourth-order valence-electron chi connectivity index (χ4n) is 3.34. The molecule has 156 valence electrons. The van der Waals surface area contributed by atoms with Crippen molar-refractivity contribution in [2.75, 3.05) is 13.7 Å². The predicted molar refractivity (Wildman–Crippen MR) is 124 cm³/mol. The lowest BCUT2D eigenvalue weighted by Gasteiger charge is -2.24. The molecule has 1 amide bonds. The number of rotatable bonds is 8. The number of carbonyl (C=O) groups excluding carboxylic acids is 1. The molecule has 3 nitrogen and oxygen atoms in total. The van der Waals surface area contributed by atoms with Crippen LogP contribution in [0.5, 0.6) is 5.75 Å². The number of hydrogen-bond acceptors (Lipinski definition) is 2. The van der Waals surface area contributed by atoms with Gasteiger partial charge >= 0.3 is 0 Å². The summed E-state index contributed by atoms with van der Waals surface area (Å²) in [6, 6.07) is 21.0. The smallest absolute Gasteiger partial charge is 0.254 e. The summed E-state index contributed by atoms with van der Waals surface area (Å²) in [7, 11) is 1.64. The minimum atomic E-state index is -0.0198. The standard InChI is InChI=1S/C25H25Cl2NO2/c1-3-18-8-10-20(11-9-18)25(29)28(17-21-6-4-5-7-24(21)30-2)15-14-19-12-13-22(26)16-23(19)27/h4-13,16H,3,14-15,17H2,1-2H3. The van der Waals surface area contributed by atoms with Gasteiger partial charge in [-0.05, 0) is 54.3 Å². The molecule has 0 aromatic heterocycles. The van der Waals surface area contributed by atoms with Crippen molar-refractivity contribution in [1.82, 2.24) is 4.90 Å². The van der Waals surface area contributed by atoms with Crippen LogP contribution in [0.2, 0.25) is 10.0 Å². The molecule has 30 heavy (non-hydrogen) atoms. The molecule has 0 radical (unpaired) electrons. The second-order valence-corrected chi connectivity index (χ2v) is 7.92. The molecule has 0 aliphatic rings. The number of carbonyl (C=O) groups is 1. The quantitative estimate of drug-likeness (QED) is 0.401. The lowest BCUT2D eigenvalue weighted by Crippen LogP contribution is -2.32. The Hall–Kier alpha value is -2.49. The Morgan fingerprint density at radius 1 is 0.967 bits per heavy atom. The maximum atomic E-state index is 13.3. The highest BCUT2D eigenvalue weighted by Crippen LogP contribution is 2.24.